The minimum absolute atomic E-state index is 0.0500. The summed E-state index contributed by atoms with van der Waals surface area (Å²) in [6.07, 6.45) is 0. The maximum absolute atomic E-state index is 12.3. The number of esters is 1. The van der Waals surface area contributed by atoms with Gasteiger partial charge in [0.25, 0.3) is 5.91 Å². The molecular formula is C12H15NO4S. The van der Waals surface area contributed by atoms with E-state index in [1.54, 1.807) is 17.0 Å². The van der Waals surface area contributed by atoms with Crippen molar-refractivity contribution in [2.45, 2.75) is 13.0 Å². The van der Waals surface area contributed by atoms with E-state index in [1.807, 2.05) is 6.92 Å². The van der Waals surface area contributed by atoms with Crippen LogP contribution < -0.4 is 0 Å². The highest BCUT2D eigenvalue weighted by atomic mass is 32.1. The topological polar surface area (TPSA) is 55.8 Å². The molecule has 1 saturated heterocycles. The molecule has 1 fully saturated rings. The second-order valence-electron chi connectivity index (χ2n) is 4.08. The van der Waals surface area contributed by atoms with Crippen LogP contribution in [0.1, 0.15) is 26.3 Å². The molecule has 0 radical (unpaired) electrons. The molecule has 98 valence electrons. The SMILES string of the molecule is COC(=O)c1ccc(C(=O)N2CCOC[C@H]2C)s1. The molecule has 1 atom stereocenters. The normalized spacial score (nSPS) is 19.7. The van der Waals surface area contributed by atoms with Crippen molar-refractivity contribution in [1.29, 1.82) is 0 Å². The number of carbonyl (C=O) groups excluding carboxylic acids is 2. The molecule has 2 heterocycles. The molecule has 1 aromatic rings. The number of morpholine rings is 1. The van der Waals surface area contributed by atoms with Gasteiger partial charge in [-0.25, -0.2) is 4.79 Å². The average molecular weight is 269 g/mol. The van der Waals surface area contributed by atoms with Gasteiger partial charge in [-0.1, -0.05) is 0 Å². The van der Waals surface area contributed by atoms with Crippen molar-refractivity contribution >= 4 is 23.2 Å². The molecule has 6 heteroatoms. The van der Waals surface area contributed by atoms with Crippen molar-refractivity contribution in [3.05, 3.63) is 21.9 Å². The maximum Gasteiger partial charge on any atom is 0.348 e. The van der Waals surface area contributed by atoms with E-state index in [-0.39, 0.29) is 11.9 Å². The van der Waals surface area contributed by atoms with E-state index in [4.69, 9.17) is 4.74 Å². The van der Waals surface area contributed by atoms with Crippen LogP contribution in [0, 0.1) is 0 Å². The van der Waals surface area contributed by atoms with Crippen molar-refractivity contribution in [2.24, 2.45) is 0 Å². The molecule has 18 heavy (non-hydrogen) atoms. The third kappa shape index (κ3) is 2.54. The summed E-state index contributed by atoms with van der Waals surface area (Å²) < 4.78 is 9.92. The van der Waals surface area contributed by atoms with Crippen LogP contribution in [0.4, 0.5) is 0 Å². The first kappa shape index (κ1) is 13.0. The smallest absolute Gasteiger partial charge is 0.348 e. The zero-order chi connectivity index (χ0) is 13.1. The molecule has 0 aromatic carbocycles. The molecular weight excluding hydrogens is 254 g/mol. The van der Waals surface area contributed by atoms with Gasteiger partial charge >= 0.3 is 5.97 Å². The van der Waals surface area contributed by atoms with Crippen LogP contribution in [0.2, 0.25) is 0 Å². The summed E-state index contributed by atoms with van der Waals surface area (Å²) in [5.41, 5.74) is 0. The van der Waals surface area contributed by atoms with Gasteiger partial charge in [0.15, 0.2) is 0 Å². The fourth-order valence-corrected chi connectivity index (χ4v) is 2.71. The molecule has 0 unspecified atom stereocenters. The quantitative estimate of drug-likeness (QED) is 0.761. The fraction of sp³-hybridized carbons (Fsp3) is 0.500. The zero-order valence-corrected chi connectivity index (χ0v) is 11.2. The fourth-order valence-electron chi connectivity index (χ4n) is 1.83. The highest BCUT2D eigenvalue weighted by Crippen LogP contribution is 2.21. The van der Waals surface area contributed by atoms with Crippen LogP contribution >= 0.6 is 11.3 Å². The van der Waals surface area contributed by atoms with Crippen molar-refractivity contribution < 1.29 is 19.1 Å². The van der Waals surface area contributed by atoms with Gasteiger partial charge < -0.3 is 14.4 Å². The molecule has 2 rings (SSSR count). The predicted molar refractivity (Wildman–Crippen MR) is 67.0 cm³/mol. The van der Waals surface area contributed by atoms with Gasteiger partial charge in [0.1, 0.15) is 4.88 Å². The predicted octanol–water partition coefficient (Wildman–Crippen LogP) is 1.40. The summed E-state index contributed by atoms with van der Waals surface area (Å²) in [4.78, 5) is 26.4. The molecule has 1 aliphatic heterocycles. The summed E-state index contributed by atoms with van der Waals surface area (Å²) in [5, 5.41) is 0. The Morgan fingerprint density at radius 1 is 1.44 bits per heavy atom. The molecule has 1 aliphatic rings. The van der Waals surface area contributed by atoms with E-state index >= 15 is 0 Å². The van der Waals surface area contributed by atoms with Gasteiger partial charge in [0.2, 0.25) is 0 Å². The van der Waals surface area contributed by atoms with Crippen LogP contribution in [0.3, 0.4) is 0 Å². The first-order valence-corrected chi connectivity index (χ1v) is 6.52. The van der Waals surface area contributed by atoms with Crippen LogP contribution in [0.25, 0.3) is 0 Å². The lowest BCUT2D eigenvalue weighted by Gasteiger charge is -2.32. The lowest BCUT2D eigenvalue weighted by molar-refractivity contribution is 0.00387. The second-order valence-corrected chi connectivity index (χ2v) is 5.16. The Morgan fingerprint density at radius 2 is 2.17 bits per heavy atom. The lowest BCUT2D eigenvalue weighted by atomic mass is 10.2. The number of ether oxygens (including phenoxy) is 2. The molecule has 1 aromatic heterocycles. The highest BCUT2D eigenvalue weighted by molar-refractivity contribution is 7.15. The van der Waals surface area contributed by atoms with E-state index in [9.17, 15) is 9.59 Å². The van der Waals surface area contributed by atoms with Gasteiger partial charge in [0.05, 0.1) is 31.2 Å². The standard InChI is InChI=1S/C12H15NO4S/c1-8-7-17-6-5-13(8)11(14)9-3-4-10(18-9)12(15)16-2/h3-4,8H,5-7H2,1-2H3/t8-/m1/s1. The summed E-state index contributed by atoms with van der Waals surface area (Å²) >= 11 is 1.16. The molecule has 1 amide bonds. The Balaban J connectivity index is 2.13. The van der Waals surface area contributed by atoms with E-state index in [0.717, 1.165) is 11.3 Å². The van der Waals surface area contributed by atoms with Gasteiger partial charge in [-0.2, -0.15) is 0 Å². The van der Waals surface area contributed by atoms with Crippen LogP contribution in [0.5, 0.6) is 0 Å². The molecule has 5 nitrogen and oxygen atoms in total. The number of nitrogens with zero attached hydrogens (tertiary/aromatic N) is 1. The third-order valence-corrected chi connectivity index (χ3v) is 3.89. The van der Waals surface area contributed by atoms with E-state index in [1.165, 1.54) is 7.11 Å². The lowest BCUT2D eigenvalue weighted by Crippen LogP contribution is -2.46. The van der Waals surface area contributed by atoms with Crippen molar-refractivity contribution in [1.82, 2.24) is 4.90 Å². The Morgan fingerprint density at radius 3 is 2.83 bits per heavy atom. The number of thiophene rings is 1. The van der Waals surface area contributed by atoms with E-state index in [2.05, 4.69) is 4.74 Å². The van der Waals surface area contributed by atoms with E-state index in [0.29, 0.717) is 29.5 Å². The number of hydrogen-bond acceptors (Lipinski definition) is 5. The Hall–Kier alpha value is -1.40. The second kappa shape index (κ2) is 5.49. The number of amides is 1. The molecule has 0 spiro atoms. The summed E-state index contributed by atoms with van der Waals surface area (Å²) in [6.45, 7) is 3.66. The van der Waals surface area contributed by atoms with Gasteiger partial charge in [0, 0.05) is 6.54 Å². The average Bonchev–Trinajstić information content (AvgIpc) is 2.87. The van der Waals surface area contributed by atoms with Crippen LogP contribution in [-0.2, 0) is 9.47 Å². The van der Waals surface area contributed by atoms with E-state index < -0.39 is 5.97 Å². The number of methoxy groups -OCH3 is 1. The van der Waals surface area contributed by atoms with Gasteiger partial charge in [-0.3, -0.25) is 4.79 Å². The van der Waals surface area contributed by atoms with Crippen molar-refractivity contribution in [3.63, 3.8) is 0 Å². The van der Waals surface area contributed by atoms with Crippen LogP contribution in [-0.4, -0.2) is 49.7 Å². The Bertz CT molecular complexity index is 457. The summed E-state index contributed by atoms with van der Waals surface area (Å²) in [6, 6.07) is 3.35. The number of hydrogen-bond donors (Lipinski definition) is 0. The first-order valence-electron chi connectivity index (χ1n) is 5.70. The minimum Gasteiger partial charge on any atom is -0.465 e. The monoisotopic (exact) mass is 269 g/mol. The molecule has 0 aliphatic carbocycles. The first-order chi connectivity index (χ1) is 8.63. The van der Waals surface area contributed by atoms with Crippen molar-refractivity contribution in [2.75, 3.05) is 26.9 Å². The Kier molecular flexibility index (Phi) is 3.98. The molecule has 0 saturated carbocycles. The Labute approximate surface area is 109 Å². The summed E-state index contributed by atoms with van der Waals surface area (Å²) in [5.74, 6) is -0.458. The van der Waals surface area contributed by atoms with Gasteiger partial charge in [-0.15, -0.1) is 11.3 Å². The third-order valence-electron chi connectivity index (χ3n) is 2.83. The highest BCUT2D eigenvalue weighted by Gasteiger charge is 2.26. The number of rotatable bonds is 2. The van der Waals surface area contributed by atoms with Crippen LogP contribution in [0.15, 0.2) is 12.1 Å². The molecule has 0 N–H and O–H groups in total. The maximum atomic E-state index is 12.3. The minimum atomic E-state index is -0.408. The largest absolute Gasteiger partial charge is 0.465 e. The number of carbonyl (C=O) groups is 2. The zero-order valence-electron chi connectivity index (χ0n) is 10.3. The van der Waals surface area contributed by atoms with Gasteiger partial charge in [-0.05, 0) is 19.1 Å². The van der Waals surface area contributed by atoms with Crippen molar-refractivity contribution in [3.8, 4) is 0 Å². The molecule has 0 bridgehead atoms. The summed E-state index contributed by atoms with van der Waals surface area (Å²) in [7, 11) is 1.33.